The molecule has 2 aromatic rings. The average molecular weight is 306 g/mol. The minimum atomic E-state index is -0.201. The highest BCUT2D eigenvalue weighted by Crippen LogP contribution is 2.32. The molecule has 21 heavy (non-hydrogen) atoms. The van der Waals surface area contributed by atoms with Gasteiger partial charge in [0.1, 0.15) is 6.26 Å². The van der Waals surface area contributed by atoms with Crippen LogP contribution in [-0.2, 0) is 4.79 Å². The quantitative estimate of drug-likeness (QED) is 0.865. The molecule has 8 heteroatoms. The maximum Gasteiger partial charge on any atom is 0.257 e. The van der Waals surface area contributed by atoms with E-state index in [1.165, 1.54) is 18.0 Å². The Kier molecular flexibility index (Phi) is 3.54. The highest BCUT2D eigenvalue weighted by atomic mass is 32.2. The Morgan fingerprint density at radius 2 is 2.38 bits per heavy atom. The van der Waals surface area contributed by atoms with Gasteiger partial charge in [-0.15, -0.1) is 0 Å². The fraction of sp³-hybridized carbons (Fsp3) is 0.385. The van der Waals surface area contributed by atoms with Crippen molar-refractivity contribution in [1.82, 2.24) is 14.7 Å². The fourth-order valence-corrected chi connectivity index (χ4v) is 3.39. The maximum atomic E-state index is 12.3. The van der Waals surface area contributed by atoms with Gasteiger partial charge in [-0.2, -0.15) is 0 Å². The molecule has 0 saturated heterocycles. The number of thioether (sulfide) groups is 1. The number of hydrogen-bond donors (Lipinski definition) is 1. The summed E-state index contributed by atoms with van der Waals surface area (Å²) in [4.78, 5) is 28.8. The van der Waals surface area contributed by atoms with Crippen molar-refractivity contribution in [2.24, 2.45) is 0 Å². The summed E-state index contributed by atoms with van der Waals surface area (Å²) in [6.45, 7) is 3.58. The molecule has 0 spiro atoms. The van der Waals surface area contributed by atoms with E-state index < -0.39 is 0 Å². The van der Waals surface area contributed by atoms with E-state index in [1.807, 2.05) is 6.92 Å². The van der Waals surface area contributed by atoms with Crippen LogP contribution < -0.4 is 10.9 Å². The molecule has 0 bridgehead atoms. The molecular weight excluding hydrogens is 292 g/mol. The first kappa shape index (κ1) is 13.9. The summed E-state index contributed by atoms with van der Waals surface area (Å²) < 4.78 is 6.28. The monoisotopic (exact) mass is 306 g/mol. The third kappa shape index (κ3) is 2.58. The van der Waals surface area contributed by atoms with Gasteiger partial charge in [0.05, 0.1) is 6.04 Å². The second-order valence-electron chi connectivity index (χ2n) is 4.88. The van der Waals surface area contributed by atoms with Gasteiger partial charge in [0.25, 0.3) is 5.56 Å². The zero-order chi connectivity index (χ0) is 15.0. The Morgan fingerprint density at radius 1 is 1.57 bits per heavy atom. The van der Waals surface area contributed by atoms with Crippen molar-refractivity contribution in [2.45, 2.75) is 31.5 Å². The number of anilines is 1. The molecular formula is C13H14N4O3S. The molecule has 1 N–H and O–H groups in total. The van der Waals surface area contributed by atoms with Crippen molar-refractivity contribution in [3.63, 3.8) is 0 Å². The Bertz CT molecular complexity index is 739. The van der Waals surface area contributed by atoms with Crippen LogP contribution in [0.1, 0.15) is 23.7 Å². The lowest BCUT2D eigenvalue weighted by atomic mass is 10.2. The predicted molar refractivity (Wildman–Crippen MR) is 77.5 cm³/mol. The van der Waals surface area contributed by atoms with E-state index in [2.05, 4.69) is 20.0 Å². The van der Waals surface area contributed by atoms with Gasteiger partial charge in [-0.05, 0) is 13.8 Å². The molecule has 1 atom stereocenters. The molecule has 0 unspecified atom stereocenters. The molecule has 0 fully saturated rings. The van der Waals surface area contributed by atoms with Crippen molar-refractivity contribution < 1.29 is 9.32 Å². The minimum Gasteiger partial charge on any atom is -0.363 e. The first-order chi connectivity index (χ1) is 10.1. The SMILES string of the molecule is Cc1nc2n(c(=O)c1C)[C@@H](CC(=O)Nc1ccon1)CS2. The third-order valence-electron chi connectivity index (χ3n) is 3.45. The molecule has 3 rings (SSSR count). The van der Waals surface area contributed by atoms with Gasteiger partial charge in [0.15, 0.2) is 11.0 Å². The van der Waals surface area contributed by atoms with E-state index in [1.54, 1.807) is 17.6 Å². The van der Waals surface area contributed by atoms with Crippen LogP contribution in [0.3, 0.4) is 0 Å². The molecule has 3 heterocycles. The highest BCUT2D eigenvalue weighted by Gasteiger charge is 2.28. The van der Waals surface area contributed by atoms with Crippen molar-refractivity contribution in [3.8, 4) is 0 Å². The first-order valence-electron chi connectivity index (χ1n) is 6.49. The van der Waals surface area contributed by atoms with E-state index in [0.29, 0.717) is 22.3 Å². The van der Waals surface area contributed by atoms with Crippen LogP contribution in [0.25, 0.3) is 0 Å². The summed E-state index contributed by atoms with van der Waals surface area (Å²) in [6.07, 6.45) is 1.59. The smallest absolute Gasteiger partial charge is 0.257 e. The van der Waals surface area contributed by atoms with Gasteiger partial charge in [-0.25, -0.2) is 4.98 Å². The summed E-state index contributed by atoms with van der Waals surface area (Å²) in [7, 11) is 0. The molecule has 0 radical (unpaired) electrons. The van der Waals surface area contributed by atoms with Gasteiger partial charge in [-0.1, -0.05) is 16.9 Å². The first-order valence-corrected chi connectivity index (χ1v) is 7.47. The van der Waals surface area contributed by atoms with Crippen molar-refractivity contribution in [3.05, 3.63) is 33.9 Å². The van der Waals surface area contributed by atoms with Crippen molar-refractivity contribution >= 4 is 23.5 Å². The summed E-state index contributed by atoms with van der Waals surface area (Å²) in [5.41, 5.74) is 1.30. The van der Waals surface area contributed by atoms with E-state index in [9.17, 15) is 9.59 Å². The predicted octanol–water partition coefficient (Wildman–Crippen LogP) is 1.52. The number of amides is 1. The number of carbonyl (C=O) groups is 1. The standard InChI is InChI=1S/C13H14N4O3S/c1-7-8(2)14-13-17(12(7)19)9(6-21-13)5-11(18)15-10-3-4-20-16-10/h3-4,9H,5-6H2,1-2H3,(H,15,16,18)/t9-/m0/s1. The average Bonchev–Trinajstić information content (AvgIpc) is 3.06. The van der Waals surface area contributed by atoms with E-state index in [-0.39, 0.29) is 23.9 Å². The summed E-state index contributed by atoms with van der Waals surface area (Å²) in [5, 5.41) is 6.94. The van der Waals surface area contributed by atoms with E-state index in [0.717, 1.165) is 5.69 Å². The largest absolute Gasteiger partial charge is 0.363 e. The zero-order valence-electron chi connectivity index (χ0n) is 11.6. The van der Waals surface area contributed by atoms with Crippen LogP contribution in [0.2, 0.25) is 0 Å². The lowest BCUT2D eigenvalue weighted by molar-refractivity contribution is -0.116. The maximum absolute atomic E-state index is 12.3. The molecule has 1 aliphatic rings. The van der Waals surface area contributed by atoms with Crippen molar-refractivity contribution in [1.29, 1.82) is 0 Å². The minimum absolute atomic E-state index is 0.0678. The Balaban J connectivity index is 1.80. The van der Waals surface area contributed by atoms with Gasteiger partial charge in [-0.3, -0.25) is 14.2 Å². The van der Waals surface area contributed by atoms with Gasteiger partial charge < -0.3 is 9.84 Å². The topological polar surface area (TPSA) is 90.0 Å². The molecule has 7 nitrogen and oxygen atoms in total. The number of fused-ring (bicyclic) bond motifs is 1. The number of nitrogens with one attached hydrogen (secondary N) is 1. The van der Waals surface area contributed by atoms with Crippen molar-refractivity contribution in [2.75, 3.05) is 11.1 Å². The van der Waals surface area contributed by atoms with Crippen LogP contribution in [-0.4, -0.2) is 26.4 Å². The molecule has 0 aliphatic carbocycles. The van der Waals surface area contributed by atoms with E-state index in [4.69, 9.17) is 0 Å². The summed E-state index contributed by atoms with van der Waals surface area (Å²) >= 11 is 1.50. The van der Waals surface area contributed by atoms with Crippen LogP contribution in [0.15, 0.2) is 26.8 Å². The van der Waals surface area contributed by atoms with E-state index >= 15 is 0 Å². The lowest BCUT2D eigenvalue weighted by Crippen LogP contribution is -2.29. The van der Waals surface area contributed by atoms with Crippen LogP contribution >= 0.6 is 11.8 Å². The number of carbonyl (C=O) groups excluding carboxylic acids is 1. The van der Waals surface area contributed by atoms with Gasteiger partial charge >= 0.3 is 0 Å². The Morgan fingerprint density at radius 3 is 3.10 bits per heavy atom. The molecule has 0 saturated carbocycles. The summed E-state index contributed by atoms with van der Waals surface area (Å²) in [6, 6.07) is 1.38. The van der Waals surface area contributed by atoms with Gasteiger partial charge in [0, 0.05) is 29.5 Å². The van der Waals surface area contributed by atoms with Crippen LogP contribution in [0.4, 0.5) is 5.82 Å². The van der Waals surface area contributed by atoms with Crippen LogP contribution in [0, 0.1) is 13.8 Å². The second kappa shape index (κ2) is 5.36. The molecule has 1 amide bonds. The van der Waals surface area contributed by atoms with Crippen LogP contribution in [0.5, 0.6) is 0 Å². The highest BCUT2D eigenvalue weighted by molar-refractivity contribution is 7.99. The normalized spacial score (nSPS) is 16.8. The lowest BCUT2D eigenvalue weighted by Gasteiger charge is -2.13. The number of hydrogen-bond acceptors (Lipinski definition) is 6. The Hall–Kier alpha value is -2.09. The third-order valence-corrected chi connectivity index (χ3v) is 4.55. The number of aromatic nitrogens is 3. The zero-order valence-corrected chi connectivity index (χ0v) is 12.4. The number of nitrogens with zero attached hydrogens (tertiary/aromatic N) is 3. The number of rotatable bonds is 3. The molecule has 110 valence electrons. The second-order valence-corrected chi connectivity index (χ2v) is 5.87. The fourth-order valence-electron chi connectivity index (χ4n) is 2.21. The van der Waals surface area contributed by atoms with Gasteiger partial charge in [0.2, 0.25) is 5.91 Å². The summed E-state index contributed by atoms with van der Waals surface area (Å²) in [5.74, 6) is 0.834. The Labute approximate surface area is 124 Å². The molecule has 0 aromatic carbocycles. The molecule has 2 aromatic heterocycles. The molecule has 1 aliphatic heterocycles. The number of aryl methyl sites for hydroxylation is 1.